The lowest BCUT2D eigenvalue weighted by Crippen LogP contribution is -2.54. The first-order valence-corrected chi connectivity index (χ1v) is 14.4. The van der Waals surface area contributed by atoms with Crippen molar-refractivity contribution < 1.29 is 19.1 Å². The molecule has 0 spiro atoms. The van der Waals surface area contributed by atoms with Crippen LogP contribution in [0.2, 0.25) is 0 Å². The Bertz CT molecular complexity index is 1590. The van der Waals surface area contributed by atoms with Crippen LogP contribution in [0.1, 0.15) is 72.4 Å². The third-order valence-corrected chi connectivity index (χ3v) is 8.61. The lowest BCUT2D eigenvalue weighted by atomic mass is 9.94. The van der Waals surface area contributed by atoms with Crippen LogP contribution in [-0.4, -0.2) is 61.1 Å². The summed E-state index contributed by atoms with van der Waals surface area (Å²) in [6.07, 6.45) is 1.41. The van der Waals surface area contributed by atoms with E-state index in [1.165, 1.54) is 0 Å². The average molecular weight is 555 g/mol. The fourth-order valence-electron chi connectivity index (χ4n) is 6.29. The molecule has 3 amide bonds. The van der Waals surface area contributed by atoms with Crippen molar-refractivity contribution in [1.82, 2.24) is 10.2 Å². The number of piperazine rings is 1. The molecule has 2 fully saturated rings. The van der Waals surface area contributed by atoms with Crippen LogP contribution >= 0.6 is 0 Å². The molecule has 1 saturated carbocycles. The Morgan fingerprint density at radius 2 is 1.80 bits per heavy atom. The highest BCUT2D eigenvalue weighted by Crippen LogP contribution is 2.50. The molecule has 3 aromatic rings. The topological polar surface area (TPSA) is 82.2 Å². The summed E-state index contributed by atoms with van der Waals surface area (Å²) in [6, 6.07) is 16.0. The van der Waals surface area contributed by atoms with Gasteiger partial charge in [-0.2, -0.15) is 0 Å². The Morgan fingerprint density at radius 1 is 1.05 bits per heavy atom. The fourth-order valence-corrected chi connectivity index (χ4v) is 6.29. The number of aryl methyl sites for hydroxylation is 1. The third kappa shape index (κ3) is 4.69. The smallest absolute Gasteiger partial charge is 0.410 e. The number of benzene rings is 3. The molecule has 8 nitrogen and oxygen atoms in total. The second-order valence-corrected chi connectivity index (χ2v) is 12.7. The highest BCUT2D eigenvalue weighted by molar-refractivity contribution is 6.25. The van der Waals surface area contributed by atoms with E-state index in [2.05, 4.69) is 35.3 Å². The molecule has 3 aromatic carbocycles. The maximum Gasteiger partial charge on any atom is 0.410 e. The number of ether oxygens (including phenoxy) is 1. The summed E-state index contributed by atoms with van der Waals surface area (Å²) in [5.74, 6) is -0.0939. The van der Waals surface area contributed by atoms with Crippen molar-refractivity contribution in [2.24, 2.45) is 0 Å². The maximum absolute atomic E-state index is 13.8. The Morgan fingerprint density at radius 3 is 2.49 bits per heavy atom. The van der Waals surface area contributed by atoms with E-state index < -0.39 is 11.1 Å². The Balaban J connectivity index is 1.23. The number of rotatable bonds is 4. The SMILES string of the molecule is Cc1ccc(N2CCN(C(=O)OC(C)(C)C)CC2C)cc1C(=O)NC1(c2ccc3c4c(cccc24)C(=O)N3C)CC1. The molecule has 1 saturated heterocycles. The second-order valence-electron chi connectivity index (χ2n) is 12.7. The zero-order valence-corrected chi connectivity index (χ0v) is 24.7. The van der Waals surface area contributed by atoms with Gasteiger partial charge in [0.05, 0.1) is 11.2 Å². The highest BCUT2D eigenvalue weighted by atomic mass is 16.6. The minimum absolute atomic E-state index is 0.00484. The Hall–Kier alpha value is -4.07. The van der Waals surface area contributed by atoms with Gasteiger partial charge in [0, 0.05) is 54.9 Å². The van der Waals surface area contributed by atoms with Crippen molar-refractivity contribution in [3.8, 4) is 0 Å². The van der Waals surface area contributed by atoms with Gasteiger partial charge in [-0.15, -0.1) is 0 Å². The number of carbonyl (C=O) groups excluding carboxylic acids is 3. The molecular weight excluding hydrogens is 516 g/mol. The molecule has 6 rings (SSSR count). The monoisotopic (exact) mass is 554 g/mol. The van der Waals surface area contributed by atoms with E-state index in [1.807, 2.05) is 58.0 Å². The second kappa shape index (κ2) is 9.50. The average Bonchev–Trinajstić information content (AvgIpc) is 3.65. The molecule has 0 bridgehead atoms. The Kier molecular flexibility index (Phi) is 6.28. The highest BCUT2D eigenvalue weighted by Gasteiger charge is 2.47. The lowest BCUT2D eigenvalue weighted by molar-refractivity contribution is 0.0218. The van der Waals surface area contributed by atoms with Gasteiger partial charge in [0.15, 0.2) is 0 Å². The molecular formula is C33H38N4O4. The fraction of sp³-hybridized carbons (Fsp3) is 0.424. The van der Waals surface area contributed by atoms with E-state index in [1.54, 1.807) is 16.8 Å². The number of hydrogen-bond donors (Lipinski definition) is 1. The normalized spacial score (nSPS) is 19.5. The number of anilines is 2. The first kappa shape index (κ1) is 27.1. The summed E-state index contributed by atoms with van der Waals surface area (Å²) >= 11 is 0. The number of carbonyl (C=O) groups is 3. The number of nitrogens with zero attached hydrogens (tertiary/aromatic N) is 3. The van der Waals surface area contributed by atoms with Gasteiger partial charge in [-0.1, -0.05) is 24.3 Å². The van der Waals surface area contributed by atoms with E-state index in [-0.39, 0.29) is 23.9 Å². The molecule has 1 N–H and O–H groups in total. The largest absolute Gasteiger partial charge is 0.444 e. The zero-order valence-electron chi connectivity index (χ0n) is 24.7. The molecule has 2 aliphatic heterocycles. The minimum Gasteiger partial charge on any atom is -0.444 e. The van der Waals surface area contributed by atoms with Gasteiger partial charge in [-0.25, -0.2) is 4.79 Å². The first-order valence-electron chi connectivity index (χ1n) is 14.4. The molecule has 3 aliphatic rings. The van der Waals surface area contributed by atoms with E-state index in [0.29, 0.717) is 30.8 Å². The molecule has 8 heteroatoms. The quantitative estimate of drug-likeness (QED) is 0.454. The van der Waals surface area contributed by atoms with Crippen molar-refractivity contribution in [2.75, 3.05) is 36.5 Å². The number of hydrogen-bond acceptors (Lipinski definition) is 5. The first-order chi connectivity index (χ1) is 19.4. The van der Waals surface area contributed by atoms with Gasteiger partial charge in [-0.05, 0) is 88.2 Å². The van der Waals surface area contributed by atoms with Gasteiger partial charge in [0.25, 0.3) is 11.8 Å². The summed E-state index contributed by atoms with van der Waals surface area (Å²) in [5.41, 5.74) is 4.24. The maximum atomic E-state index is 13.8. The standard InChI is InChI=1S/C33H38N4O4/c1-20-10-11-22(37-17-16-36(19-21(37)2)31(40)41-32(3,4)5)18-25(20)29(38)34-33(14-15-33)26-12-13-27-28-23(26)8-7-9-24(28)30(39)35(27)6/h7-13,18,21H,14-17,19H2,1-6H3,(H,34,38). The predicted octanol–water partition coefficient (Wildman–Crippen LogP) is 5.60. The van der Waals surface area contributed by atoms with Crippen LogP contribution in [-0.2, 0) is 10.3 Å². The summed E-state index contributed by atoms with van der Waals surface area (Å²) in [7, 11) is 1.81. The van der Waals surface area contributed by atoms with Crippen molar-refractivity contribution >= 4 is 40.1 Å². The van der Waals surface area contributed by atoms with Crippen LogP contribution in [0.15, 0.2) is 48.5 Å². The molecule has 0 aromatic heterocycles. The van der Waals surface area contributed by atoms with Gasteiger partial charge < -0.3 is 24.8 Å². The molecule has 2 heterocycles. The van der Waals surface area contributed by atoms with E-state index >= 15 is 0 Å². The van der Waals surface area contributed by atoms with Crippen molar-refractivity contribution in [3.05, 3.63) is 70.8 Å². The Labute approximate surface area is 241 Å². The molecule has 0 radical (unpaired) electrons. The van der Waals surface area contributed by atoms with Crippen molar-refractivity contribution in [3.63, 3.8) is 0 Å². The van der Waals surface area contributed by atoms with Crippen molar-refractivity contribution in [1.29, 1.82) is 0 Å². The summed E-state index contributed by atoms with van der Waals surface area (Å²) in [6.45, 7) is 11.4. The predicted molar refractivity (Wildman–Crippen MR) is 161 cm³/mol. The van der Waals surface area contributed by atoms with Gasteiger partial charge in [0.1, 0.15) is 5.60 Å². The number of amides is 3. The minimum atomic E-state index is -0.532. The van der Waals surface area contributed by atoms with E-state index in [0.717, 1.165) is 46.1 Å². The zero-order chi connectivity index (χ0) is 29.3. The molecule has 214 valence electrons. The van der Waals surface area contributed by atoms with Crippen LogP contribution < -0.4 is 15.1 Å². The lowest BCUT2D eigenvalue weighted by Gasteiger charge is -2.41. The summed E-state index contributed by atoms with van der Waals surface area (Å²) < 4.78 is 5.57. The van der Waals surface area contributed by atoms with Gasteiger partial charge in [-0.3, -0.25) is 9.59 Å². The van der Waals surface area contributed by atoms with Gasteiger partial charge >= 0.3 is 6.09 Å². The van der Waals surface area contributed by atoms with Gasteiger partial charge in [0.2, 0.25) is 0 Å². The van der Waals surface area contributed by atoms with E-state index in [4.69, 9.17) is 4.74 Å². The van der Waals surface area contributed by atoms with Crippen LogP contribution in [0.5, 0.6) is 0 Å². The van der Waals surface area contributed by atoms with E-state index in [9.17, 15) is 14.4 Å². The molecule has 41 heavy (non-hydrogen) atoms. The third-order valence-electron chi connectivity index (χ3n) is 8.61. The molecule has 1 atom stereocenters. The van der Waals surface area contributed by atoms with Crippen LogP contribution in [0.25, 0.3) is 10.8 Å². The molecule has 1 unspecified atom stereocenters. The summed E-state index contributed by atoms with van der Waals surface area (Å²) in [5, 5.41) is 5.37. The number of nitrogens with one attached hydrogen (secondary N) is 1. The summed E-state index contributed by atoms with van der Waals surface area (Å²) in [4.78, 5) is 44.9. The van der Waals surface area contributed by atoms with Crippen LogP contribution in [0, 0.1) is 6.92 Å². The van der Waals surface area contributed by atoms with Crippen LogP contribution in [0.3, 0.4) is 0 Å². The molecule has 1 aliphatic carbocycles. The van der Waals surface area contributed by atoms with Crippen LogP contribution in [0.4, 0.5) is 16.2 Å². The van der Waals surface area contributed by atoms with Crippen molar-refractivity contribution in [2.45, 2.75) is 64.6 Å².